The lowest BCUT2D eigenvalue weighted by atomic mass is 10.0. The van der Waals surface area contributed by atoms with Gasteiger partial charge in [-0.15, -0.1) is 5.10 Å². The van der Waals surface area contributed by atoms with Crippen molar-refractivity contribution < 1.29 is 14.4 Å². The molecule has 0 saturated carbocycles. The molecule has 0 saturated heterocycles. The van der Waals surface area contributed by atoms with Gasteiger partial charge < -0.3 is 16.4 Å². The van der Waals surface area contributed by atoms with E-state index in [9.17, 15) is 14.4 Å². The molecule has 1 aromatic heterocycles. The monoisotopic (exact) mass is 392 g/mol. The number of benzene rings is 2. The van der Waals surface area contributed by atoms with E-state index in [4.69, 9.17) is 11.5 Å². The highest BCUT2D eigenvalue weighted by atomic mass is 16.2. The summed E-state index contributed by atoms with van der Waals surface area (Å²) < 4.78 is 1.42. The van der Waals surface area contributed by atoms with Crippen LogP contribution >= 0.6 is 0 Å². The number of rotatable bonds is 5. The van der Waals surface area contributed by atoms with E-state index in [0.29, 0.717) is 11.3 Å². The molecule has 29 heavy (non-hydrogen) atoms. The summed E-state index contributed by atoms with van der Waals surface area (Å²) in [7, 11) is 3.41. The first-order valence-corrected chi connectivity index (χ1v) is 8.64. The number of urea groups is 1. The molecule has 4 amide bonds. The second-order valence-corrected chi connectivity index (χ2v) is 6.51. The van der Waals surface area contributed by atoms with Gasteiger partial charge in [0.2, 0.25) is 0 Å². The fraction of sp³-hybridized carbons (Fsp3) is 0.100. The van der Waals surface area contributed by atoms with Crippen LogP contribution in [0.25, 0.3) is 16.8 Å². The van der Waals surface area contributed by atoms with Crippen LogP contribution < -0.4 is 16.8 Å². The van der Waals surface area contributed by atoms with Gasteiger partial charge in [-0.3, -0.25) is 14.9 Å². The number of aromatic nitrogens is 2. The van der Waals surface area contributed by atoms with E-state index in [1.54, 1.807) is 38.4 Å². The van der Waals surface area contributed by atoms with Gasteiger partial charge in [-0.2, -0.15) is 0 Å². The van der Waals surface area contributed by atoms with E-state index in [-0.39, 0.29) is 17.3 Å². The number of carbonyl (C=O) groups is 3. The van der Waals surface area contributed by atoms with Crippen LogP contribution in [0.15, 0.2) is 54.7 Å². The maximum atomic E-state index is 12.0. The van der Waals surface area contributed by atoms with Crippen molar-refractivity contribution in [1.29, 1.82) is 0 Å². The Labute approximate surface area is 166 Å². The molecule has 5 N–H and O–H groups in total. The van der Waals surface area contributed by atoms with Crippen LogP contribution in [0.1, 0.15) is 20.7 Å². The first-order chi connectivity index (χ1) is 13.8. The highest BCUT2D eigenvalue weighted by Crippen LogP contribution is 2.23. The lowest BCUT2D eigenvalue weighted by Crippen LogP contribution is -2.22. The quantitative estimate of drug-likeness (QED) is 0.610. The van der Waals surface area contributed by atoms with Crippen molar-refractivity contribution in [3.63, 3.8) is 0 Å². The minimum atomic E-state index is -0.843. The first-order valence-electron chi connectivity index (χ1n) is 8.64. The Morgan fingerprint density at radius 2 is 1.48 bits per heavy atom. The topological polar surface area (TPSA) is 136 Å². The predicted octanol–water partition coefficient (Wildman–Crippen LogP) is 1.83. The van der Waals surface area contributed by atoms with E-state index in [2.05, 4.69) is 10.4 Å². The Balaban J connectivity index is 1.86. The Kier molecular flexibility index (Phi) is 5.31. The van der Waals surface area contributed by atoms with Crippen molar-refractivity contribution in [1.82, 2.24) is 14.7 Å². The minimum absolute atomic E-state index is 0.00442. The summed E-state index contributed by atoms with van der Waals surface area (Å²) in [6.45, 7) is 0. The molecule has 3 rings (SSSR count). The molecule has 3 aromatic rings. The third kappa shape index (κ3) is 4.24. The van der Waals surface area contributed by atoms with Crippen molar-refractivity contribution >= 4 is 23.7 Å². The van der Waals surface area contributed by atoms with Crippen LogP contribution in [-0.4, -0.2) is 46.6 Å². The molecular weight excluding hydrogens is 372 g/mol. The summed E-state index contributed by atoms with van der Waals surface area (Å²) >= 11 is 0. The minimum Gasteiger partial charge on any atom is -0.365 e. The molecule has 0 radical (unpaired) electrons. The molecule has 1 heterocycles. The van der Waals surface area contributed by atoms with E-state index in [1.807, 2.05) is 24.3 Å². The lowest BCUT2D eigenvalue weighted by Gasteiger charge is -2.10. The zero-order valence-corrected chi connectivity index (χ0v) is 15.9. The van der Waals surface area contributed by atoms with Gasteiger partial charge in [0.15, 0.2) is 5.82 Å². The molecule has 0 aliphatic carbocycles. The Bertz CT molecular complexity index is 1070. The first kappa shape index (κ1) is 19.6. The molecule has 0 fully saturated rings. The van der Waals surface area contributed by atoms with E-state index in [1.165, 1.54) is 15.8 Å². The summed E-state index contributed by atoms with van der Waals surface area (Å²) in [4.78, 5) is 36.1. The highest BCUT2D eigenvalue weighted by Gasteiger charge is 2.16. The molecule has 148 valence electrons. The zero-order chi connectivity index (χ0) is 21.1. The van der Waals surface area contributed by atoms with Gasteiger partial charge >= 0.3 is 6.03 Å². The Morgan fingerprint density at radius 3 is 1.97 bits per heavy atom. The number of amides is 4. The summed E-state index contributed by atoms with van der Waals surface area (Å²) in [6, 6.07) is 13.8. The van der Waals surface area contributed by atoms with Crippen LogP contribution in [0, 0.1) is 0 Å². The predicted molar refractivity (Wildman–Crippen MR) is 109 cm³/mol. The summed E-state index contributed by atoms with van der Waals surface area (Å²) in [5.41, 5.74) is 13.6. The molecule has 0 atom stereocenters. The highest BCUT2D eigenvalue weighted by molar-refractivity contribution is 6.01. The van der Waals surface area contributed by atoms with Crippen molar-refractivity contribution in [3.05, 3.63) is 65.9 Å². The molecule has 0 spiro atoms. The second-order valence-electron chi connectivity index (χ2n) is 6.51. The van der Waals surface area contributed by atoms with E-state index in [0.717, 1.165) is 11.1 Å². The third-order valence-corrected chi connectivity index (χ3v) is 4.22. The average Bonchev–Trinajstić information content (AvgIpc) is 3.11. The van der Waals surface area contributed by atoms with Gasteiger partial charge in [0.05, 0.1) is 5.69 Å². The van der Waals surface area contributed by atoms with Gasteiger partial charge in [0.25, 0.3) is 11.8 Å². The largest absolute Gasteiger partial charge is 0.365 e. The zero-order valence-electron chi connectivity index (χ0n) is 15.9. The molecular formula is C20H20N6O3. The van der Waals surface area contributed by atoms with Crippen molar-refractivity contribution in [2.45, 2.75) is 0 Å². The molecule has 9 nitrogen and oxygen atoms in total. The van der Waals surface area contributed by atoms with Crippen LogP contribution in [-0.2, 0) is 0 Å². The molecule has 9 heteroatoms. The average molecular weight is 392 g/mol. The molecule has 0 unspecified atom stereocenters. The fourth-order valence-corrected chi connectivity index (χ4v) is 2.77. The SMILES string of the molecule is CN(C)C(=O)c1ccc(-c2ccc(-n3cc(C(N)=O)c(NC(N)=O)n3)cc2)cc1. The van der Waals surface area contributed by atoms with Crippen molar-refractivity contribution in [2.75, 3.05) is 19.4 Å². The Hall–Kier alpha value is -4.14. The Morgan fingerprint density at radius 1 is 0.931 bits per heavy atom. The third-order valence-electron chi connectivity index (χ3n) is 4.22. The standard InChI is InChI=1S/C20H20N6O3/c1-25(2)19(28)14-5-3-12(4-6-14)13-7-9-15(10-8-13)26-11-16(17(21)27)18(24-26)23-20(22)29/h3-11H,1-2H3,(H2,21,27)(H3,22,23,24,29). The van der Waals surface area contributed by atoms with Crippen LogP contribution in [0.2, 0.25) is 0 Å². The van der Waals surface area contributed by atoms with Gasteiger partial charge in [0.1, 0.15) is 5.56 Å². The van der Waals surface area contributed by atoms with E-state index < -0.39 is 11.9 Å². The van der Waals surface area contributed by atoms with Crippen LogP contribution in [0.4, 0.5) is 10.6 Å². The molecule has 0 aliphatic rings. The van der Waals surface area contributed by atoms with E-state index >= 15 is 0 Å². The summed E-state index contributed by atoms with van der Waals surface area (Å²) in [5.74, 6) is -0.796. The van der Waals surface area contributed by atoms with Crippen LogP contribution in [0.3, 0.4) is 0 Å². The fourth-order valence-electron chi connectivity index (χ4n) is 2.77. The summed E-state index contributed by atoms with van der Waals surface area (Å²) in [6.07, 6.45) is 1.42. The van der Waals surface area contributed by atoms with Gasteiger partial charge in [-0.25, -0.2) is 9.48 Å². The molecule has 0 bridgehead atoms. The van der Waals surface area contributed by atoms with Crippen molar-refractivity contribution in [3.8, 4) is 16.8 Å². The maximum Gasteiger partial charge on any atom is 0.317 e. The number of hydrogen-bond acceptors (Lipinski definition) is 4. The van der Waals surface area contributed by atoms with Crippen LogP contribution in [0.5, 0.6) is 0 Å². The second kappa shape index (κ2) is 7.85. The molecule has 0 aliphatic heterocycles. The smallest absolute Gasteiger partial charge is 0.317 e. The maximum absolute atomic E-state index is 12.0. The van der Waals surface area contributed by atoms with Crippen molar-refractivity contribution in [2.24, 2.45) is 11.5 Å². The summed E-state index contributed by atoms with van der Waals surface area (Å²) in [5, 5.41) is 6.43. The number of carbonyl (C=O) groups excluding carboxylic acids is 3. The number of hydrogen-bond donors (Lipinski definition) is 3. The van der Waals surface area contributed by atoms with Gasteiger partial charge in [-0.05, 0) is 35.4 Å². The molecule has 2 aromatic carbocycles. The lowest BCUT2D eigenvalue weighted by molar-refractivity contribution is 0.0827. The normalized spacial score (nSPS) is 10.4. The van der Waals surface area contributed by atoms with Gasteiger partial charge in [0, 0.05) is 25.9 Å². The van der Waals surface area contributed by atoms with Gasteiger partial charge in [-0.1, -0.05) is 24.3 Å². The number of primary amides is 2. The number of nitrogens with two attached hydrogens (primary N) is 2. The number of anilines is 1. The number of nitrogens with one attached hydrogen (secondary N) is 1. The number of nitrogens with zero attached hydrogens (tertiary/aromatic N) is 3.